The van der Waals surface area contributed by atoms with Gasteiger partial charge in [-0.2, -0.15) is 0 Å². The van der Waals surface area contributed by atoms with Gasteiger partial charge < -0.3 is 4.74 Å². The van der Waals surface area contributed by atoms with Gasteiger partial charge in [-0.05, 0) is 43.7 Å². The van der Waals surface area contributed by atoms with Crippen molar-refractivity contribution in [3.63, 3.8) is 0 Å². The van der Waals surface area contributed by atoms with Gasteiger partial charge in [0.15, 0.2) is 5.84 Å². The number of nitrogens with zero attached hydrogens (tertiary/aromatic N) is 4. The third-order valence-electron chi connectivity index (χ3n) is 3.89. The number of amidine groups is 1. The largest absolute Gasteiger partial charge is 0.378 e. The van der Waals surface area contributed by atoms with Gasteiger partial charge in [-0.15, -0.1) is 5.10 Å². The Kier molecular flexibility index (Phi) is 6.84. The zero-order chi connectivity index (χ0) is 20.8. The highest BCUT2D eigenvalue weighted by atomic mass is 19.1. The molecule has 0 aliphatic carbocycles. The summed E-state index contributed by atoms with van der Waals surface area (Å²) in [5, 5.41) is 16.1. The zero-order valence-electron chi connectivity index (χ0n) is 16.0. The van der Waals surface area contributed by atoms with Crippen LogP contribution >= 0.6 is 0 Å². The van der Waals surface area contributed by atoms with Crippen LogP contribution in [0.25, 0.3) is 5.70 Å². The normalized spacial score (nSPS) is 12.5. The van der Waals surface area contributed by atoms with E-state index in [1.807, 2.05) is 0 Å². The number of rotatable bonds is 7. The van der Waals surface area contributed by atoms with Crippen LogP contribution in [0.2, 0.25) is 0 Å². The molecule has 0 aliphatic heterocycles. The minimum Gasteiger partial charge on any atom is -0.378 e. The maximum atomic E-state index is 14.1. The molecule has 0 saturated carbocycles. The van der Waals surface area contributed by atoms with Crippen molar-refractivity contribution in [3.05, 3.63) is 77.7 Å². The van der Waals surface area contributed by atoms with Crippen molar-refractivity contribution in [1.29, 1.82) is 5.41 Å². The SMILES string of the molecule is C=C/C(F)=C(\C=C)n1nnc(C(C)=NC(=N)c2ccc(C)cc2F)c1COC. The predicted molar refractivity (Wildman–Crippen MR) is 106 cm³/mol. The Labute approximate surface area is 162 Å². The summed E-state index contributed by atoms with van der Waals surface area (Å²) in [4.78, 5) is 4.15. The molecule has 0 atom stereocenters. The number of aryl methyl sites for hydroxylation is 1. The smallest absolute Gasteiger partial charge is 0.155 e. The highest BCUT2D eigenvalue weighted by Crippen LogP contribution is 2.20. The maximum Gasteiger partial charge on any atom is 0.155 e. The molecule has 28 heavy (non-hydrogen) atoms. The molecule has 0 spiro atoms. The summed E-state index contributed by atoms with van der Waals surface area (Å²) in [7, 11) is 1.47. The molecule has 6 nitrogen and oxygen atoms in total. The Bertz CT molecular complexity index is 988. The van der Waals surface area contributed by atoms with Gasteiger partial charge >= 0.3 is 0 Å². The highest BCUT2D eigenvalue weighted by Gasteiger charge is 2.19. The molecule has 1 aromatic carbocycles. The van der Waals surface area contributed by atoms with E-state index in [4.69, 9.17) is 10.1 Å². The second-order valence-corrected chi connectivity index (χ2v) is 5.90. The van der Waals surface area contributed by atoms with Gasteiger partial charge in [0.2, 0.25) is 0 Å². The van der Waals surface area contributed by atoms with Crippen LogP contribution in [0.4, 0.5) is 8.78 Å². The summed E-state index contributed by atoms with van der Waals surface area (Å²) in [6.07, 6.45) is 2.32. The molecule has 0 aliphatic rings. The van der Waals surface area contributed by atoms with Crippen LogP contribution in [-0.2, 0) is 11.3 Å². The fourth-order valence-corrected chi connectivity index (χ4v) is 2.53. The molecule has 146 valence electrons. The van der Waals surface area contributed by atoms with E-state index in [1.54, 1.807) is 19.9 Å². The van der Waals surface area contributed by atoms with Gasteiger partial charge in [-0.3, -0.25) is 5.41 Å². The van der Waals surface area contributed by atoms with Crippen LogP contribution in [0.5, 0.6) is 0 Å². The van der Waals surface area contributed by atoms with Crippen LogP contribution in [0.3, 0.4) is 0 Å². The van der Waals surface area contributed by atoms with Crippen molar-refractivity contribution in [3.8, 4) is 0 Å². The second-order valence-electron chi connectivity index (χ2n) is 5.90. The number of halogens is 2. The quantitative estimate of drug-likeness (QED) is 0.440. The standard InChI is InChI=1S/C20H21F2N5O/c1-6-15(21)17(7-2)27-18(11-28-5)19(25-26-27)13(4)24-20(23)14-9-8-12(3)10-16(14)22/h6-10,23H,1-2,11H2,3-5H3/b17-15-,23-20?,24-13?. The maximum absolute atomic E-state index is 14.1. The van der Waals surface area contributed by atoms with Crippen LogP contribution in [0.15, 0.2) is 54.3 Å². The number of ether oxygens (including phenoxy) is 1. The van der Waals surface area contributed by atoms with Crippen LogP contribution in [-0.4, -0.2) is 33.7 Å². The van der Waals surface area contributed by atoms with Crippen molar-refractivity contribution in [2.45, 2.75) is 20.5 Å². The third-order valence-corrected chi connectivity index (χ3v) is 3.89. The van der Waals surface area contributed by atoms with E-state index in [0.717, 1.165) is 11.6 Å². The lowest BCUT2D eigenvalue weighted by atomic mass is 10.1. The molecule has 1 aromatic heterocycles. The topological polar surface area (TPSA) is 76.2 Å². The number of aliphatic imine (C=N–C) groups is 1. The van der Waals surface area contributed by atoms with Crippen molar-refractivity contribution >= 4 is 17.2 Å². The molecular formula is C20H21F2N5O. The predicted octanol–water partition coefficient (Wildman–Crippen LogP) is 4.22. The van der Waals surface area contributed by atoms with E-state index in [-0.39, 0.29) is 23.7 Å². The van der Waals surface area contributed by atoms with Crippen molar-refractivity contribution in [1.82, 2.24) is 15.0 Å². The Morgan fingerprint density at radius 2 is 2.07 bits per heavy atom. The third kappa shape index (κ3) is 4.34. The van der Waals surface area contributed by atoms with Gasteiger partial charge in [0.25, 0.3) is 0 Å². The Morgan fingerprint density at radius 1 is 1.36 bits per heavy atom. The number of aromatic nitrogens is 3. The van der Waals surface area contributed by atoms with Gasteiger partial charge in [0.05, 0.1) is 23.6 Å². The fourth-order valence-electron chi connectivity index (χ4n) is 2.53. The van der Waals surface area contributed by atoms with E-state index < -0.39 is 11.6 Å². The van der Waals surface area contributed by atoms with E-state index in [2.05, 4.69) is 28.5 Å². The summed E-state index contributed by atoms with van der Waals surface area (Å²) in [6.45, 7) is 10.4. The number of benzene rings is 1. The Hall–Kier alpha value is -3.26. The minimum atomic E-state index is -0.632. The average Bonchev–Trinajstić information content (AvgIpc) is 3.06. The number of methoxy groups -OCH3 is 1. The molecule has 0 fully saturated rings. The fraction of sp³-hybridized carbons (Fsp3) is 0.200. The monoisotopic (exact) mass is 385 g/mol. The molecule has 0 bridgehead atoms. The molecule has 0 radical (unpaired) electrons. The second kappa shape index (κ2) is 9.09. The lowest BCUT2D eigenvalue weighted by Gasteiger charge is -2.09. The van der Waals surface area contributed by atoms with Gasteiger partial charge in [-0.25, -0.2) is 18.5 Å². The van der Waals surface area contributed by atoms with Crippen LogP contribution in [0.1, 0.15) is 29.4 Å². The van der Waals surface area contributed by atoms with Gasteiger partial charge in [0.1, 0.15) is 23.0 Å². The van der Waals surface area contributed by atoms with E-state index in [1.165, 1.54) is 30.0 Å². The van der Waals surface area contributed by atoms with E-state index in [9.17, 15) is 8.78 Å². The van der Waals surface area contributed by atoms with Crippen molar-refractivity contribution in [2.24, 2.45) is 4.99 Å². The molecule has 0 amide bonds. The lowest BCUT2D eigenvalue weighted by Crippen LogP contribution is -2.10. The first-order chi connectivity index (χ1) is 13.3. The summed E-state index contributed by atoms with van der Waals surface area (Å²) in [5.74, 6) is -1.43. The molecule has 2 aromatic rings. The zero-order valence-corrected chi connectivity index (χ0v) is 16.0. The highest BCUT2D eigenvalue weighted by molar-refractivity contribution is 6.10. The number of hydrogen-bond acceptors (Lipinski definition) is 4. The summed E-state index contributed by atoms with van der Waals surface area (Å²) in [6, 6.07) is 4.53. The van der Waals surface area contributed by atoms with Crippen molar-refractivity contribution < 1.29 is 13.5 Å². The van der Waals surface area contributed by atoms with Gasteiger partial charge in [0, 0.05) is 7.11 Å². The minimum absolute atomic E-state index is 0.0493. The molecule has 0 unspecified atom stereocenters. The molecule has 0 saturated heterocycles. The summed E-state index contributed by atoms with van der Waals surface area (Å²) in [5.41, 5.74) is 1.88. The molecule has 1 heterocycles. The average molecular weight is 385 g/mol. The van der Waals surface area contributed by atoms with Gasteiger partial charge in [-0.1, -0.05) is 24.4 Å². The van der Waals surface area contributed by atoms with Crippen LogP contribution in [0, 0.1) is 18.2 Å². The number of allylic oxidation sites excluding steroid dienone is 4. The number of hydrogen-bond donors (Lipinski definition) is 1. The van der Waals surface area contributed by atoms with Crippen molar-refractivity contribution in [2.75, 3.05) is 7.11 Å². The number of nitrogens with one attached hydrogen (secondary N) is 1. The molecule has 8 heteroatoms. The first-order valence-electron chi connectivity index (χ1n) is 8.33. The summed E-state index contributed by atoms with van der Waals surface area (Å²) >= 11 is 0. The molecular weight excluding hydrogens is 364 g/mol. The van der Waals surface area contributed by atoms with Crippen LogP contribution < -0.4 is 0 Å². The Morgan fingerprint density at radius 3 is 2.64 bits per heavy atom. The lowest BCUT2D eigenvalue weighted by molar-refractivity contribution is 0.179. The Balaban J connectivity index is 2.52. The van der Waals surface area contributed by atoms with E-state index >= 15 is 0 Å². The first-order valence-corrected chi connectivity index (χ1v) is 8.33. The summed E-state index contributed by atoms with van der Waals surface area (Å²) < 4.78 is 34.6. The molecule has 1 N–H and O–H groups in total. The van der Waals surface area contributed by atoms with E-state index in [0.29, 0.717) is 17.1 Å². The molecule has 2 rings (SSSR count). The first kappa shape index (κ1) is 21.0.